The lowest BCUT2D eigenvalue weighted by molar-refractivity contribution is -0.145. The van der Waals surface area contributed by atoms with E-state index in [0.29, 0.717) is 52.0 Å². The van der Waals surface area contributed by atoms with Gasteiger partial charge in [-0.15, -0.1) is 0 Å². The molecule has 0 aliphatic heterocycles. The summed E-state index contributed by atoms with van der Waals surface area (Å²) in [7, 11) is 0. The number of nitrogens with zero attached hydrogens (tertiary/aromatic N) is 1. The van der Waals surface area contributed by atoms with Gasteiger partial charge in [0.1, 0.15) is 32.0 Å². The third-order valence-corrected chi connectivity index (χ3v) is 16.3. The molecule has 0 bridgehead atoms. The highest BCUT2D eigenvalue weighted by molar-refractivity contribution is 5.71. The molecule has 0 spiro atoms. The molecule has 0 radical (unpaired) electrons. The molecule has 0 unspecified atom stereocenters. The van der Waals surface area contributed by atoms with Crippen molar-refractivity contribution in [2.45, 2.75) is 362 Å². The molecule has 0 heterocycles. The summed E-state index contributed by atoms with van der Waals surface area (Å²) in [5.74, 6) is -0.741. The predicted molar refractivity (Wildman–Crippen MR) is 412 cm³/mol. The minimum atomic E-state index is -0.662. The Kier molecular flexibility index (Phi) is 76.0. The lowest BCUT2D eigenvalue weighted by atomic mass is 10.1. The average Bonchev–Trinajstić information content (AvgIpc) is 1.05. The van der Waals surface area contributed by atoms with Crippen LogP contribution in [-0.4, -0.2) is 93.1 Å². The average molecular weight is 1360 g/mol. The molecular formula is C85H150N2O10. The normalized spacial score (nSPS) is 12.0. The van der Waals surface area contributed by atoms with Crippen LogP contribution in [0.4, 0.5) is 4.79 Å². The number of unbranched alkanes of at least 4 members (excludes halogenated alkanes) is 32. The maximum atomic E-state index is 12.8. The fraction of sp³-hybridized carbons (Fsp3) is 0.753. The van der Waals surface area contributed by atoms with Gasteiger partial charge in [0.15, 0.2) is 0 Å². The molecule has 12 nitrogen and oxygen atoms in total. The van der Waals surface area contributed by atoms with E-state index in [9.17, 15) is 24.0 Å². The number of carbonyl (C=O) groups excluding carboxylic acids is 5. The molecule has 0 aromatic carbocycles. The third kappa shape index (κ3) is 81.6. The van der Waals surface area contributed by atoms with Gasteiger partial charge < -0.3 is 33.9 Å². The third-order valence-electron chi connectivity index (χ3n) is 16.3. The Bertz CT molecular complexity index is 1890. The highest BCUT2D eigenvalue weighted by atomic mass is 16.6. The molecule has 1 amide bonds. The lowest BCUT2D eigenvalue weighted by Crippen LogP contribution is -2.41. The molecule has 0 aliphatic carbocycles. The van der Waals surface area contributed by atoms with E-state index in [0.717, 1.165) is 128 Å². The van der Waals surface area contributed by atoms with E-state index in [-0.39, 0.29) is 50.2 Å². The summed E-state index contributed by atoms with van der Waals surface area (Å²) in [6.07, 6.45) is 88.5. The van der Waals surface area contributed by atoms with E-state index in [2.05, 4.69) is 130 Å². The molecule has 0 rings (SSSR count). The number of allylic oxidation sites excluding steroid dienone is 16. The van der Waals surface area contributed by atoms with Crippen LogP contribution in [0.1, 0.15) is 357 Å². The van der Waals surface area contributed by atoms with E-state index < -0.39 is 11.7 Å². The second kappa shape index (κ2) is 78.4. The van der Waals surface area contributed by atoms with Crippen LogP contribution in [0.3, 0.4) is 0 Å². The Labute approximate surface area is 597 Å². The topological polar surface area (TPSA) is 147 Å². The molecule has 1 N–H and O–H groups in total. The molecule has 560 valence electrons. The number of hydrogen-bond donors (Lipinski definition) is 1. The van der Waals surface area contributed by atoms with Crippen molar-refractivity contribution in [2.24, 2.45) is 0 Å². The minimum Gasteiger partial charge on any atom is -0.464 e. The predicted octanol–water partition coefficient (Wildman–Crippen LogP) is 24.2. The minimum absolute atomic E-state index is 0.0816. The molecular weight excluding hydrogens is 1210 g/mol. The van der Waals surface area contributed by atoms with Gasteiger partial charge in [-0.25, -0.2) is 4.79 Å². The molecule has 12 heteroatoms. The van der Waals surface area contributed by atoms with Gasteiger partial charge in [0.25, 0.3) is 0 Å². The van der Waals surface area contributed by atoms with Crippen LogP contribution in [0.15, 0.2) is 97.2 Å². The Morgan fingerprint density at radius 3 is 0.742 bits per heavy atom. The van der Waals surface area contributed by atoms with E-state index in [1.54, 1.807) is 20.8 Å². The zero-order valence-corrected chi connectivity index (χ0v) is 63.9. The number of rotatable bonds is 68. The second-order valence-corrected chi connectivity index (χ2v) is 27.0. The van der Waals surface area contributed by atoms with E-state index in [1.165, 1.54) is 159 Å². The first-order valence-corrected chi connectivity index (χ1v) is 39.9. The van der Waals surface area contributed by atoms with Gasteiger partial charge in [0, 0.05) is 38.8 Å². The molecule has 0 saturated carbocycles. The summed E-state index contributed by atoms with van der Waals surface area (Å²) < 4.78 is 27.0. The van der Waals surface area contributed by atoms with Gasteiger partial charge >= 0.3 is 30.0 Å². The van der Waals surface area contributed by atoms with Gasteiger partial charge in [-0.2, -0.15) is 0 Å². The first kappa shape index (κ1) is 94.1. The smallest absolute Gasteiger partial charge is 0.410 e. The van der Waals surface area contributed by atoms with Gasteiger partial charge in [-0.1, -0.05) is 253 Å². The lowest BCUT2D eigenvalue weighted by Gasteiger charge is -2.27. The molecule has 0 fully saturated rings. The fourth-order valence-electron chi connectivity index (χ4n) is 10.4. The second-order valence-electron chi connectivity index (χ2n) is 27.0. The number of amides is 1. The zero-order valence-electron chi connectivity index (χ0n) is 63.9. The maximum absolute atomic E-state index is 12.8. The van der Waals surface area contributed by atoms with Crippen molar-refractivity contribution in [2.75, 3.05) is 52.6 Å². The monoisotopic (exact) mass is 1360 g/mol. The van der Waals surface area contributed by atoms with Crippen LogP contribution in [0, 0.1) is 0 Å². The van der Waals surface area contributed by atoms with E-state index >= 15 is 0 Å². The molecule has 0 saturated heterocycles. The van der Waals surface area contributed by atoms with Gasteiger partial charge in [-0.3, -0.25) is 19.2 Å². The van der Waals surface area contributed by atoms with Crippen molar-refractivity contribution in [1.82, 2.24) is 10.2 Å². The first-order valence-electron chi connectivity index (χ1n) is 39.9. The van der Waals surface area contributed by atoms with Gasteiger partial charge in [0.2, 0.25) is 0 Å². The van der Waals surface area contributed by atoms with E-state index in [4.69, 9.17) is 23.7 Å². The van der Waals surface area contributed by atoms with Crippen molar-refractivity contribution in [3.8, 4) is 0 Å². The van der Waals surface area contributed by atoms with Crippen molar-refractivity contribution in [3.05, 3.63) is 97.2 Å². The molecule has 0 atom stereocenters. The highest BCUT2D eigenvalue weighted by Gasteiger charge is 2.23. The fourth-order valence-corrected chi connectivity index (χ4v) is 10.4. The Hall–Kier alpha value is -4.97. The number of hydrogen-bond acceptors (Lipinski definition) is 11. The molecule has 0 aromatic rings. The van der Waals surface area contributed by atoms with Crippen molar-refractivity contribution in [1.29, 1.82) is 0 Å². The Morgan fingerprint density at radius 2 is 0.505 bits per heavy atom. The van der Waals surface area contributed by atoms with Gasteiger partial charge in [-0.05, 0) is 175 Å². The summed E-state index contributed by atoms with van der Waals surface area (Å²) >= 11 is 0. The molecule has 0 aliphatic rings. The number of nitrogens with one attached hydrogen (secondary N) is 1. The summed E-state index contributed by atoms with van der Waals surface area (Å²) in [6.45, 7) is 16.8. The summed E-state index contributed by atoms with van der Waals surface area (Å²) in [6, 6.07) is 0. The zero-order chi connectivity index (χ0) is 71.1. The molecule has 97 heavy (non-hydrogen) atoms. The maximum Gasteiger partial charge on any atom is 0.410 e. The number of esters is 4. The number of ether oxygens (including phenoxy) is 5. The quantitative estimate of drug-likeness (QED) is 0.0269. The standard InChI is InChI=1S/C45H79NO6.C40H71NO4/c1-6-8-10-12-14-16-18-20-22-24-26-28-30-32-34-36-42(47)50-40-38-46(44(49)52-45(3,4)5)39-41-51-43(48)37-35-33-31-29-27-25-23-21-19-17-15-13-11-9-7-2;1-3-5-7-9-11-13-15-17-19-21-23-25-27-29-31-33-39(42)44-37-35-41-36-38-45-40(43)34-32-30-28-26-24-22-20-18-16-14-12-10-8-6-4-2/h14-17,20-23H,6-13,18-19,24-41H2,1-5H3;11-14,17-20,41H,3-10,15-16,21-38H2,1-2H3/b16-14-,17-15-,22-20-,23-21-;13-11-,14-12-,19-17-,20-18-. The summed E-state index contributed by atoms with van der Waals surface area (Å²) in [4.78, 5) is 62.6. The Morgan fingerprint density at radius 1 is 0.289 bits per heavy atom. The molecule has 0 aromatic heterocycles. The van der Waals surface area contributed by atoms with Crippen LogP contribution in [-0.2, 0) is 42.9 Å². The van der Waals surface area contributed by atoms with Crippen LogP contribution in [0.5, 0.6) is 0 Å². The van der Waals surface area contributed by atoms with Crippen molar-refractivity contribution in [3.63, 3.8) is 0 Å². The van der Waals surface area contributed by atoms with Crippen LogP contribution < -0.4 is 5.32 Å². The summed E-state index contributed by atoms with van der Waals surface area (Å²) in [5, 5.41) is 3.17. The van der Waals surface area contributed by atoms with Crippen LogP contribution in [0.25, 0.3) is 0 Å². The number of carbonyl (C=O) groups is 5. The van der Waals surface area contributed by atoms with Crippen molar-refractivity contribution >= 4 is 30.0 Å². The van der Waals surface area contributed by atoms with Crippen LogP contribution >= 0.6 is 0 Å². The Balaban J connectivity index is 0. The highest BCUT2D eigenvalue weighted by Crippen LogP contribution is 2.15. The van der Waals surface area contributed by atoms with E-state index in [1.807, 2.05) is 0 Å². The largest absolute Gasteiger partial charge is 0.464 e. The van der Waals surface area contributed by atoms with Crippen LogP contribution in [0.2, 0.25) is 0 Å². The van der Waals surface area contributed by atoms with Crippen molar-refractivity contribution < 1.29 is 47.7 Å². The first-order chi connectivity index (χ1) is 47.4. The summed E-state index contributed by atoms with van der Waals surface area (Å²) in [5.41, 5.74) is -0.662. The van der Waals surface area contributed by atoms with Gasteiger partial charge in [0.05, 0.1) is 13.1 Å². The SMILES string of the molecule is CCCCC/C=C\C/C=C\CCCCCCCC(=O)OCCN(CCOC(=O)CCCCCCC/C=C\C/C=C\CCCCC)C(=O)OC(C)(C)C.CCCCC/C=C\C/C=C\CCCCCCCC(=O)OCCNCCOC(=O)CCCCCCC/C=C\C/C=C\CCCCC.